The number of Topliss-reactive ketones (excluding diaryl/α,β-unsaturated/α-hetero) is 3. The molecule has 42 heavy (non-hydrogen) atoms. The molecule has 4 aromatic rings. The fraction of sp³-hybridized carbons (Fsp3) is 0.216. The zero-order valence-electron chi connectivity index (χ0n) is 23.7. The van der Waals surface area contributed by atoms with Gasteiger partial charge in [-0.05, 0) is 47.7 Å². The molecule has 0 bridgehead atoms. The van der Waals surface area contributed by atoms with Crippen LogP contribution in [-0.4, -0.2) is 29.4 Å². The van der Waals surface area contributed by atoms with Gasteiger partial charge in [0.05, 0.1) is 6.04 Å². The van der Waals surface area contributed by atoms with Gasteiger partial charge in [0.1, 0.15) is 11.5 Å². The van der Waals surface area contributed by atoms with E-state index in [1.165, 1.54) is 0 Å². The van der Waals surface area contributed by atoms with E-state index in [-0.39, 0.29) is 17.3 Å². The summed E-state index contributed by atoms with van der Waals surface area (Å²) in [7, 11) is 0. The molecule has 0 radical (unpaired) electrons. The van der Waals surface area contributed by atoms with E-state index < -0.39 is 23.4 Å². The second-order valence-electron chi connectivity index (χ2n) is 12.0. The molecule has 0 N–H and O–H groups in total. The van der Waals surface area contributed by atoms with Crippen LogP contribution in [0.2, 0.25) is 5.02 Å². The van der Waals surface area contributed by atoms with E-state index in [2.05, 4.69) is 26.0 Å². The minimum atomic E-state index is -1.51. The highest BCUT2D eigenvalue weighted by Crippen LogP contribution is 2.61. The van der Waals surface area contributed by atoms with Crippen LogP contribution in [0, 0.1) is 12.3 Å². The van der Waals surface area contributed by atoms with Gasteiger partial charge in [-0.3, -0.25) is 14.4 Å². The number of ketones is 3. The van der Waals surface area contributed by atoms with Gasteiger partial charge >= 0.3 is 0 Å². The predicted molar refractivity (Wildman–Crippen MR) is 167 cm³/mol. The molecule has 0 aromatic heterocycles. The first-order chi connectivity index (χ1) is 20.2. The molecule has 1 spiro atoms. The molecule has 3 atom stereocenters. The lowest BCUT2D eigenvalue weighted by Gasteiger charge is -2.37. The van der Waals surface area contributed by atoms with Crippen LogP contribution in [0.1, 0.15) is 79.0 Å². The maximum absolute atomic E-state index is 14.8. The maximum atomic E-state index is 14.8. The molecule has 208 valence electrons. The second kappa shape index (κ2) is 9.64. The fourth-order valence-corrected chi connectivity index (χ4v) is 7.48. The number of aryl methyl sites for hydroxylation is 1. The predicted octanol–water partition coefficient (Wildman–Crippen LogP) is 8.09. The van der Waals surface area contributed by atoms with Crippen molar-refractivity contribution in [1.82, 2.24) is 0 Å². The largest absolute Gasteiger partial charge is 0.352 e. The summed E-state index contributed by atoms with van der Waals surface area (Å²) in [6.45, 7) is 6.24. The number of nitrogens with zero attached hydrogens (tertiary/aromatic N) is 1. The van der Waals surface area contributed by atoms with E-state index in [1.807, 2.05) is 72.5 Å². The lowest BCUT2D eigenvalue weighted by molar-refractivity contribution is 0.0666. The molecule has 0 saturated carbocycles. The number of hydrogen-bond acceptors (Lipinski definition) is 4. The number of carbonyl (C=O) groups is 3. The van der Waals surface area contributed by atoms with E-state index in [9.17, 15) is 14.4 Å². The van der Waals surface area contributed by atoms with Crippen LogP contribution < -0.4 is 4.90 Å². The average molecular weight is 572 g/mol. The Bertz CT molecular complexity index is 1770. The van der Waals surface area contributed by atoms with Crippen LogP contribution in [-0.2, 0) is 0 Å². The average Bonchev–Trinajstić information content (AvgIpc) is 3.43. The summed E-state index contributed by atoms with van der Waals surface area (Å²) >= 11 is 6.39. The topological polar surface area (TPSA) is 54.5 Å². The normalized spacial score (nSPS) is 21.5. The molecular formula is C37H30ClNO3. The molecule has 1 aliphatic carbocycles. The molecule has 0 amide bonds. The van der Waals surface area contributed by atoms with Gasteiger partial charge in [-0.25, -0.2) is 0 Å². The Labute approximate surface area is 250 Å². The molecule has 4 nitrogen and oxygen atoms in total. The van der Waals surface area contributed by atoms with Crippen molar-refractivity contribution in [3.8, 4) is 0 Å². The van der Waals surface area contributed by atoms with E-state index in [0.717, 1.165) is 27.9 Å². The van der Waals surface area contributed by atoms with Crippen molar-refractivity contribution in [2.45, 2.75) is 44.7 Å². The van der Waals surface area contributed by atoms with Crippen LogP contribution >= 0.6 is 11.6 Å². The number of halogens is 1. The number of anilines is 1. The molecule has 3 aliphatic rings. The Morgan fingerprint density at radius 1 is 0.857 bits per heavy atom. The summed E-state index contributed by atoms with van der Waals surface area (Å²) in [5, 5.41) is 0.577. The third-order valence-electron chi connectivity index (χ3n) is 9.33. The summed E-state index contributed by atoms with van der Waals surface area (Å²) in [6, 6.07) is 26.8. The van der Waals surface area contributed by atoms with Crippen LogP contribution in [0.15, 0.2) is 97.1 Å². The minimum Gasteiger partial charge on any atom is -0.352 e. The summed E-state index contributed by atoms with van der Waals surface area (Å²) in [5.41, 5.74) is 4.51. The van der Waals surface area contributed by atoms with Crippen molar-refractivity contribution in [3.05, 3.63) is 141 Å². The van der Waals surface area contributed by atoms with Crippen LogP contribution in [0.4, 0.5) is 5.69 Å². The Hall–Kier alpha value is -4.28. The quantitative estimate of drug-likeness (QED) is 0.183. The van der Waals surface area contributed by atoms with E-state index in [1.54, 1.807) is 30.3 Å². The standard InChI is InChI=1S/C37H30ClNO3/c1-21(2)23-12-14-24(15-13-23)32-33(34(40)25-10-8-22(3)9-11-25)39-30-18-17-27(38)20-26(30)16-19-31(39)37(32)35(41)28-6-4-5-7-29(28)36(37)42/h4-21,31-33H,1-3H3. The van der Waals surface area contributed by atoms with Gasteiger partial charge in [-0.15, -0.1) is 0 Å². The Morgan fingerprint density at radius 2 is 1.50 bits per heavy atom. The van der Waals surface area contributed by atoms with E-state index in [0.29, 0.717) is 27.6 Å². The molecular weight excluding hydrogens is 542 g/mol. The molecule has 1 fully saturated rings. The van der Waals surface area contributed by atoms with Gasteiger partial charge in [0.15, 0.2) is 17.3 Å². The second-order valence-corrected chi connectivity index (χ2v) is 12.4. The molecule has 1 saturated heterocycles. The SMILES string of the molecule is Cc1ccc(C(=O)C2C(c3ccc(C(C)C)cc3)C3(C(=O)c4ccccc4C3=O)C3C=Cc4cc(Cl)ccc4N23)cc1. The highest BCUT2D eigenvalue weighted by atomic mass is 35.5. The maximum Gasteiger partial charge on any atom is 0.185 e. The Balaban J connectivity index is 1.53. The first-order valence-corrected chi connectivity index (χ1v) is 14.8. The molecule has 7 rings (SSSR count). The minimum absolute atomic E-state index is 0.123. The number of fused-ring (bicyclic) bond motifs is 5. The fourth-order valence-electron chi connectivity index (χ4n) is 7.30. The Morgan fingerprint density at radius 3 is 2.12 bits per heavy atom. The third-order valence-corrected chi connectivity index (χ3v) is 9.57. The zero-order chi connectivity index (χ0) is 29.3. The number of carbonyl (C=O) groups excluding carboxylic acids is 3. The summed E-state index contributed by atoms with van der Waals surface area (Å²) in [4.78, 5) is 46.3. The van der Waals surface area contributed by atoms with Gasteiger partial charge in [0.2, 0.25) is 0 Å². The van der Waals surface area contributed by atoms with Gasteiger partial charge in [-0.1, -0.05) is 116 Å². The third kappa shape index (κ3) is 3.64. The lowest BCUT2D eigenvalue weighted by Crippen LogP contribution is -2.48. The highest BCUT2D eigenvalue weighted by Gasteiger charge is 2.71. The highest BCUT2D eigenvalue weighted by molar-refractivity contribution is 6.32. The molecule has 4 aromatic carbocycles. The molecule has 3 unspecified atom stereocenters. The van der Waals surface area contributed by atoms with Crippen molar-refractivity contribution in [2.24, 2.45) is 5.41 Å². The first-order valence-electron chi connectivity index (χ1n) is 14.4. The summed E-state index contributed by atoms with van der Waals surface area (Å²) in [6.07, 6.45) is 3.86. The van der Waals surface area contributed by atoms with Gasteiger partial charge in [-0.2, -0.15) is 0 Å². The van der Waals surface area contributed by atoms with E-state index in [4.69, 9.17) is 11.6 Å². The van der Waals surface area contributed by atoms with Crippen LogP contribution in [0.25, 0.3) is 6.08 Å². The van der Waals surface area contributed by atoms with Crippen molar-refractivity contribution in [3.63, 3.8) is 0 Å². The Kier molecular flexibility index (Phi) is 6.11. The van der Waals surface area contributed by atoms with E-state index >= 15 is 0 Å². The van der Waals surface area contributed by atoms with Gasteiger partial charge in [0.25, 0.3) is 0 Å². The molecule has 2 heterocycles. The lowest BCUT2D eigenvalue weighted by atomic mass is 9.64. The summed E-state index contributed by atoms with van der Waals surface area (Å²) in [5.74, 6) is -0.986. The molecule has 5 heteroatoms. The number of rotatable bonds is 4. The van der Waals surface area contributed by atoms with Crippen molar-refractivity contribution in [1.29, 1.82) is 0 Å². The van der Waals surface area contributed by atoms with Crippen LogP contribution in [0.3, 0.4) is 0 Å². The van der Waals surface area contributed by atoms with Crippen molar-refractivity contribution in [2.75, 3.05) is 4.90 Å². The van der Waals surface area contributed by atoms with Gasteiger partial charge in [0, 0.05) is 33.3 Å². The van der Waals surface area contributed by atoms with Crippen molar-refractivity contribution < 1.29 is 14.4 Å². The van der Waals surface area contributed by atoms with Crippen LogP contribution in [0.5, 0.6) is 0 Å². The summed E-state index contributed by atoms with van der Waals surface area (Å²) < 4.78 is 0. The molecule has 2 aliphatic heterocycles. The zero-order valence-corrected chi connectivity index (χ0v) is 24.4. The van der Waals surface area contributed by atoms with Gasteiger partial charge < -0.3 is 4.90 Å². The smallest absolute Gasteiger partial charge is 0.185 e. The number of benzene rings is 4. The first kappa shape index (κ1) is 26.6. The van der Waals surface area contributed by atoms with Crippen molar-refractivity contribution >= 4 is 40.7 Å². The number of hydrogen-bond donors (Lipinski definition) is 0. The monoisotopic (exact) mass is 571 g/mol.